The zero-order valence-corrected chi connectivity index (χ0v) is 13.2. The van der Waals surface area contributed by atoms with Crippen molar-refractivity contribution in [3.8, 4) is 0 Å². The van der Waals surface area contributed by atoms with Gasteiger partial charge in [-0.05, 0) is 35.9 Å². The molecule has 0 aliphatic rings. The first kappa shape index (κ1) is 14.1. The molecule has 0 atom stereocenters. The molecule has 0 amide bonds. The van der Waals surface area contributed by atoms with Crippen molar-refractivity contribution >= 4 is 42.6 Å². The second-order valence-corrected chi connectivity index (χ2v) is 7.38. The Kier molecular flexibility index (Phi) is 3.46. The lowest BCUT2D eigenvalue weighted by Gasteiger charge is -2.01. The molecule has 2 N–H and O–H groups in total. The summed E-state index contributed by atoms with van der Waals surface area (Å²) in [5.41, 5.74) is 7.64. The van der Waals surface area contributed by atoms with E-state index >= 15 is 0 Å². The maximum absolute atomic E-state index is 12.4. The number of halogens is 1. The van der Waals surface area contributed by atoms with Gasteiger partial charge in [0.25, 0.3) is 0 Å². The van der Waals surface area contributed by atoms with E-state index in [0.717, 1.165) is 4.47 Å². The number of hydrogen-bond donors (Lipinski definition) is 1. The highest BCUT2D eigenvalue weighted by Crippen LogP contribution is 2.24. The van der Waals surface area contributed by atoms with Gasteiger partial charge in [-0.2, -0.15) is 4.98 Å². The van der Waals surface area contributed by atoms with Crippen LogP contribution in [0.1, 0.15) is 5.56 Å². The Morgan fingerprint density at radius 2 is 2.00 bits per heavy atom. The standard InChI is InChI=1S/C14H11BrN2O3S/c15-10-3-1-2-9(6-10)8-21(18,19)14-17-12-7-11(16)4-5-13(12)20-14/h1-7H,8,16H2. The Bertz CT molecular complexity index is 919. The summed E-state index contributed by atoms with van der Waals surface area (Å²) in [5.74, 6) is -0.172. The summed E-state index contributed by atoms with van der Waals surface area (Å²) < 4.78 is 30.9. The van der Waals surface area contributed by atoms with Crippen LogP contribution in [0.3, 0.4) is 0 Å². The predicted octanol–water partition coefficient (Wildman–Crippen LogP) is 3.15. The van der Waals surface area contributed by atoms with Gasteiger partial charge in [-0.25, -0.2) is 8.42 Å². The van der Waals surface area contributed by atoms with Crippen LogP contribution in [0.4, 0.5) is 5.69 Å². The number of rotatable bonds is 3. The van der Waals surface area contributed by atoms with Crippen molar-refractivity contribution in [1.29, 1.82) is 0 Å². The molecule has 108 valence electrons. The van der Waals surface area contributed by atoms with Gasteiger partial charge in [0.15, 0.2) is 5.58 Å². The third-order valence-corrected chi connectivity index (χ3v) is 4.82. The van der Waals surface area contributed by atoms with E-state index in [1.54, 1.807) is 36.4 Å². The number of oxazole rings is 1. The third-order valence-electron chi connectivity index (χ3n) is 2.90. The van der Waals surface area contributed by atoms with E-state index < -0.39 is 9.84 Å². The first-order valence-electron chi connectivity index (χ1n) is 6.07. The summed E-state index contributed by atoms with van der Waals surface area (Å²) in [6, 6.07) is 11.9. The zero-order valence-electron chi connectivity index (χ0n) is 10.8. The van der Waals surface area contributed by atoms with Crippen molar-refractivity contribution in [3.05, 3.63) is 52.5 Å². The Labute approximate surface area is 129 Å². The largest absolute Gasteiger partial charge is 0.428 e. The summed E-state index contributed by atoms with van der Waals surface area (Å²) in [7, 11) is -3.64. The quantitative estimate of drug-likeness (QED) is 0.719. The molecule has 0 saturated heterocycles. The fraction of sp³-hybridized carbons (Fsp3) is 0.0714. The zero-order chi connectivity index (χ0) is 15.0. The average Bonchev–Trinajstić information content (AvgIpc) is 2.82. The molecule has 0 fully saturated rings. The van der Waals surface area contributed by atoms with E-state index in [-0.39, 0.29) is 11.0 Å². The number of nitrogen functional groups attached to an aromatic ring is 1. The molecular weight excluding hydrogens is 356 g/mol. The molecule has 0 bridgehead atoms. The number of nitrogens with two attached hydrogens (primary N) is 1. The Balaban J connectivity index is 2.00. The van der Waals surface area contributed by atoms with E-state index in [4.69, 9.17) is 10.2 Å². The highest BCUT2D eigenvalue weighted by atomic mass is 79.9. The molecule has 0 aliphatic heterocycles. The predicted molar refractivity (Wildman–Crippen MR) is 83.5 cm³/mol. The lowest BCUT2D eigenvalue weighted by molar-refractivity contribution is 0.458. The molecule has 0 aliphatic carbocycles. The highest BCUT2D eigenvalue weighted by molar-refractivity contribution is 9.10. The molecule has 1 aromatic heterocycles. The van der Waals surface area contributed by atoms with E-state index in [1.165, 1.54) is 0 Å². The van der Waals surface area contributed by atoms with Gasteiger partial charge in [0.1, 0.15) is 5.52 Å². The van der Waals surface area contributed by atoms with E-state index in [9.17, 15) is 8.42 Å². The number of aromatic nitrogens is 1. The molecule has 0 saturated carbocycles. The fourth-order valence-electron chi connectivity index (χ4n) is 1.96. The molecule has 5 nitrogen and oxygen atoms in total. The number of fused-ring (bicyclic) bond motifs is 1. The van der Waals surface area contributed by atoms with Crippen LogP contribution in [-0.2, 0) is 15.6 Å². The topological polar surface area (TPSA) is 86.2 Å². The number of hydrogen-bond acceptors (Lipinski definition) is 5. The van der Waals surface area contributed by atoms with Crippen LogP contribution in [0, 0.1) is 0 Å². The smallest absolute Gasteiger partial charge is 0.316 e. The van der Waals surface area contributed by atoms with Crippen LogP contribution in [-0.4, -0.2) is 13.4 Å². The molecule has 2 aromatic carbocycles. The number of nitrogens with zero attached hydrogens (tertiary/aromatic N) is 1. The number of sulfone groups is 1. The van der Waals surface area contributed by atoms with Crippen LogP contribution in [0.15, 0.2) is 56.6 Å². The molecule has 3 rings (SSSR count). The summed E-state index contributed by atoms with van der Waals surface area (Å²) in [6.45, 7) is 0. The summed E-state index contributed by atoms with van der Waals surface area (Å²) in [4.78, 5) is 4.02. The first-order chi connectivity index (χ1) is 9.94. The van der Waals surface area contributed by atoms with Gasteiger partial charge < -0.3 is 10.2 Å². The lowest BCUT2D eigenvalue weighted by atomic mass is 10.2. The Morgan fingerprint density at radius 3 is 2.76 bits per heavy atom. The Hall–Kier alpha value is -1.86. The lowest BCUT2D eigenvalue weighted by Crippen LogP contribution is -2.05. The van der Waals surface area contributed by atoms with E-state index in [1.807, 2.05) is 6.07 Å². The van der Waals surface area contributed by atoms with Crippen LogP contribution < -0.4 is 5.73 Å². The van der Waals surface area contributed by atoms with Crippen molar-refractivity contribution in [2.75, 3.05) is 5.73 Å². The summed E-state index contributed by atoms with van der Waals surface area (Å²) in [5, 5.41) is -0.289. The van der Waals surface area contributed by atoms with Crippen LogP contribution in [0.5, 0.6) is 0 Å². The van der Waals surface area contributed by atoms with Gasteiger partial charge in [0, 0.05) is 10.2 Å². The molecule has 0 radical (unpaired) electrons. The van der Waals surface area contributed by atoms with Gasteiger partial charge in [-0.3, -0.25) is 0 Å². The molecule has 0 spiro atoms. The van der Waals surface area contributed by atoms with Crippen molar-refractivity contribution in [1.82, 2.24) is 4.98 Å². The summed E-state index contributed by atoms with van der Waals surface area (Å²) in [6.07, 6.45) is 0. The molecule has 7 heteroatoms. The normalized spacial score (nSPS) is 11.9. The number of anilines is 1. The van der Waals surface area contributed by atoms with Gasteiger partial charge in [0.05, 0.1) is 5.75 Å². The van der Waals surface area contributed by atoms with Crippen LogP contribution in [0.25, 0.3) is 11.1 Å². The first-order valence-corrected chi connectivity index (χ1v) is 8.52. The minimum atomic E-state index is -3.64. The minimum Gasteiger partial charge on any atom is -0.428 e. The second-order valence-electron chi connectivity index (χ2n) is 4.60. The van der Waals surface area contributed by atoms with Gasteiger partial charge >= 0.3 is 5.22 Å². The molecule has 1 heterocycles. The van der Waals surface area contributed by atoms with Crippen LogP contribution >= 0.6 is 15.9 Å². The highest BCUT2D eigenvalue weighted by Gasteiger charge is 2.22. The van der Waals surface area contributed by atoms with Gasteiger partial charge in [-0.15, -0.1) is 0 Å². The monoisotopic (exact) mass is 366 g/mol. The second kappa shape index (κ2) is 5.16. The Morgan fingerprint density at radius 1 is 1.19 bits per heavy atom. The third kappa shape index (κ3) is 2.93. The van der Waals surface area contributed by atoms with Gasteiger partial charge in [-0.1, -0.05) is 28.1 Å². The van der Waals surface area contributed by atoms with Crippen molar-refractivity contribution in [2.45, 2.75) is 11.0 Å². The van der Waals surface area contributed by atoms with E-state index in [0.29, 0.717) is 22.4 Å². The van der Waals surface area contributed by atoms with E-state index in [2.05, 4.69) is 20.9 Å². The van der Waals surface area contributed by atoms with Gasteiger partial charge in [0.2, 0.25) is 9.84 Å². The fourth-order valence-corrected chi connectivity index (χ4v) is 3.61. The number of benzene rings is 2. The molecule has 0 unspecified atom stereocenters. The SMILES string of the molecule is Nc1ccc2oc(S(=O)(=O)Cc3cccc(Br)c3)nc2c1. The minimum absolute atomic E-state index is 0.172. The van der Waals surface area contributed by atoms with Crippen LogP contribution in [0.2, 0.25) is 0 Å². The summed E-state index contributed by atoms with van der Waals surface area (Å²) >= 11 is 3.31. The maximum Gasteiger partial charge on any atom is 0.316 e. The maximum atomic E-state index is 12.4. The van der Waals surface area contributed by atoms with Crippen molar-refractivity contribution < 1.29 is 12.8 Å². The molecule has 3 aromatic rings. The molecular formula is C14H11BrN2O3S. The molecule has 21 heavy (non-hydrogen) atoms. The average molecular weight is 367 g/mol. The van der Waals surface area contributed by atoms with Crippen molar-refractivity contribution in [3.63, 3.8) is 0 Å². The van der Waals surface area contributed by atoms with Crippen molar-refractivity contribution in [2.24, 2.45) is 0 Å².